The molecule has 3 fully saturated rings. The van der Waals surface area contributed by atoms with E-state index in [9.17, 15) is 9.59 Å². The van der Waals surface area contributed by atoms with Gasteiger partial charge in [-0.25, -0.2) is 4.98 Å². The van der Waals surface area contributed by atoms with Gasteiger partial charge in [-0.3, -0.25) is 14.5 Å². The van der Waals surface area contributed by atoms with Crippen LogP contribution in [0.5, 0.6) is 0 Å². The molecule has 130 valence electrons. The van der Waals surface area contributed by atoms with Gasteiger partial charge >= 0.3 is 0 Å². The van der Waals surface area contributed by atoms with E-state index in [0.29, 0.717) is 18.2 Å². The Balaban J connectivity index is 1.73. The second-order valence-electron chi connectivity index (χ2n) is 7.20. The van der Waals surface area contributed by atoms with Gasteiger partial charge in [0.25, 0.3) is 5.91 Å². The topological polar surface area (TPSA) is 56.8 Å². The van der Waals surface area contributed by atoms with E-state index < -0.39 is 0 Å². The molecule has 0 aromatic carbocycles. The van der Waals surface area contributed by atoms with Crippen LogP contribution in [0.1, 0.15) is 29.0 Å². The summed E-state index contributed by atoms with van der Waals surface area (Å²) in [5.41, 5.74) is 1.39. The molecule has 0 radical (unpaired) electrons. The van der Waals surface area contributed by atoms with Gasteiger partial charge in [-0.1, -0.05) is 6.07 Å². The molecule has 0 spiro atoms. The number of rotatable bonds is 3. The van der Waals surface area contributed by atoms with Crippen LogP contribution < -0.4 is 0 Å². The van der Waals surface area contributed by atoms with E-state index in [2.05, 4.69) is 9.88 Å². The van der Waals surface area contributed by atoms with Gasteiger partial charge < -0.3 is 9.80 Å². The van der Waals surface area contributed by atoms with Crippen molar-refractivity contribution < 1.29 is 9.59 Å². The maximum absolute atomic E-state index is 12.9. The van der Waals surface area contributed by atoms with Crippen LogP contribution in [0.2, 0.25) is 0 Å². The minimum absolute atomic E-state index is 0.0224. The quantitative estimate of drug-likeness (QED) is 0.830. The van der Waals surface area contributed by atoms with E-state index in [1.807, 2.05) is 24.0 Å². The predicted molar refractivity (Wildman–Crippen MR) is 91.7 cm³/mol. The Hall–Kier alpha value is -1.95. The number of aromatic nitrogens is 1. The molecule has 3 aliphatic rings. The number of nitrogens with zero attached hydrogens (tertiary/aromatic N) is 4. The molecule has 0 saturated carbocycles. The van der Waals surface area contributed by atoms with Crippen LogP contribution in [0.25, 0.3) is 0 Å². The summed E-state index contributed by atoms with van der Waals surface area (Å²) < 4.78 is 0. The Morgan fingerprint density at radius 3 is 2.71 bits per heavy atom. The first-order valence-electron chi connectivity index (χ1n) is 8.61. The molecular weight excluding hydrogens is 304 g/mol. The van der Waals surface area contributed by atoms with E-state index in [1.165, 1.54) is 0 Å². The molecule has 1 aromatic heterocycles. The van der Waals surface area contributed by atoms with Crippen molar-refractivity contribution in [1.29, 1.82) is 0 Å². The molecule has 24 heavy (non-hydrogen) atoms. The van der Waals surface area contributed by atoms with E-state index >= 15 is 0 Å². The lowest BCUT2D eigenvalue weighted by atomic mass is 9.94. The number of carbonyl (C=O) groups excluding carboxylic acids is 2. The van der Waals surface area contributed by atoms with Gasteiger partial charge in [0, 0.05) is 45.5 Å². The molecule has 4 rings (SSSR count). The molecule has 3 saturated heterocycles. The lowest BCUT2D eigenvalue weighted by Crippen LogP contribution is -2.48. The van der Waals surface area contributed by atoms with Crippen LogP contribution in [0.4, 0.5) is 0 Å². The third-order valence-corrected chi connectivity index (χ3v) is 5.02. The first-order valence-corrected chi connectivity index (χ1v) is 8.61. The second-order valence-corrected chi connectivity index (χ2v) is 7.20. The number of hydrogen-bond acceptors (Lipinski definition) is 4. The highest BCUT2D eigenvalue weighted by Gasteiger charge is 2.38. The summed E-state index contributed by atoms with van der Waals surface area (Å²) in [6, 6.07) is 5.75. The summed E-state index contributed by atoms with van der Waals surface area (Å²) in [5, 5.41) is 0. The van der Waals surface area contributed by atoms with Crippen molar-refractivity contribution in [3.05, 3.63) is 29.6 Å². The number of piperidine rings is 1. The average molecular weight is 330 g/mol. The fraction of sp³-hybridized carbons (Fsp3) is 0.611. The molecule has 6 heteroatoms. The molecule has 6 nitrogen and oxygen atoms in total. The zero-order valence-corrected chi connectivity index (χ0v) is 14.7. The molecule has 3 aliphatic heterocycles. The van der Waals surface area contributed by atoms with Gasteiger partial charge in [0.15, 0.2) is 0 Å². The Morgan fingerprint density at radius 1 is 1.21 bits per heavy atom. The summed E-state index contributed by atoms with van der Waals surface area (Å²) in [5.74, 6) is 0.580. The first-order chi connectivity index (χ1) is 11.4. The summed E-state index contributed by atoms with van der Waals surface area (Å²) in [6.45, 7) is 4.77. The highest BCUT2D eigenvalue weighted by Crippen LogP contribution is 2.29. The average Bonchev–Trinajstić information content (AvgIpc) is 2.84. The maximum Gasteiger partial charge on any atom is 0.272 e. The molecule has 2 bridgehead atoms. The van der Waals surface area contributed by atoms with E-state index in [-0.39, 0.29) is 17.9 Å². The Kier molecular flexibility index (Phi) is 4.85. The zero-order valence-electron chi connectivity index (χ0n) is 14.7. The first kappa shape index (κ1) is 16.9. The fourth-order valence-corrected chi connectivity index (χ4v) is 3.70. The Morgan fingerprint density at radius 2 is 2.00 bits per heavy atom. The number of carbonyl (C=O) groups is 2. The Labute approximate surface area is 143 Å². The number of hydrogen-bond donors (Lipinski definition) is 0. The molecule has 2 atom stereocenters. The maximum atomic E-state index is 12.9. The molecule has 4 heterocycles. The summed E-state index contributed by atoms with van der Waals surface area (Å²) in [7, 11) is 3.57. The smallest absolute Gasteiger partial charge is 0.272 e. The van der Waals surface area contributed by atoms with Crippen LogP contribution in [0.15, 0.2) is 18.2 Å². The highest BCUT2D eigenvalue weighted by atomic mass is 16.2. The number of fused-ring (bicyclic) bond motifs is 4. The predicted octanol–water partition coefficient (Wildman–Crippen LogP) is 1.01. The lowest BCUT2D eigenvalue weighted by molar-refractivity contribution is -0.129. The van der Waals surface area contributed by atoms with Crippen molar-refractivity contribution in [2.45, 2.75) is 25.8 Å². The van der Waals surface area contributed by atoms with E-state index in [4.69, 9.17) is 0 Å². The van der Waals surface area contributed by atoms with Crippen molar-refractivity contribution in [2.24, 2.45) is 5.92 Å². The number of pyridine rings is 1. The Bertz CT molecular complexity index is 631. The van der Waals surface area contributed by atoms with Crippen molar-refractivity contribution in [3.63, 3.8) is 0 Å². The van der Waals surface area contributed by atoms with Gasteiger partial charge in [-0.2, -0.15) is 0 Å². The van der Waals surface area contributed by atoms with Crippen molar-refractivity contribution in [3.8, 4) is 0 Å². The van der Waals surface area contributed by atoms with Crippen molar-refractivity contribution in [2.75, 3.05) is 40.3 Å². The van der Waals surface area contributed by atoms with Crippen LogP contribution in [-0.4, -0.2) is 77.8 Å². The molecule has 0 unspecified atom stereocenters. The number of amides is 2. The standard InChI is InChI=1S/C18H26N4O2/c1-13-5-4-6-16(19-13)18(24)22-10-14-7-8-15(22)11-21(9-14)12-17(23)20(2)3/h4-6,14-15H,7-12H2,1-3H3/t14-,15+/m0/s1. The summed E-state index contributed by atoms with van der Waals surface area (Å²) in [6.07, 6.45) is 2.14. The van der Waals surface area contributed by atoms with Gasteiger partial charge in [-0.15, -0.1) is 0 Å². The fourth-order valence-electron chi connectivity index (χ4n) is 3.70. The highest BCUT2D eigenvalue weighted by molar-refractivity contribution is 5.92. The largest absolute Gasteiger partial charge is 0.348 e. The molecule has 1 aromatic rings. The van der Waals surface area contributed by atoms with E-state index in [1.54, 1.807) is 25.1 Å². The zero-order chi connectivity index (χ0) is 17.3. The van der Waals surface area contributed by atoms with Crippen molar-refractivity contribution in [1.82, 2.24) is 19.7 Å². The third-order valence-electron chi connectivity index (χ3n) is 5.02. The van der Waals surface area contributed by atoms with Gasteiger partial charge in [0.2, 0.25) is 5.91 Å². The SMILES string of the molecule is Cc1cccc(C(=O)N2C[C@H]3CC[C@@H]2CN(CC(=O)N(C)C)C3)n1. The second kappa shape index (κ2) is 6.89. The molecule has 2 amide bonds. The normalized spacial score (nSPS) is 23.9. The van der Waals surface area contributed by atoms with Gasteiger partial charge in [-0.05, 0) is 37.8 Å². The van der Waals surface area contributed by atoms with Gasteiger partial charge in [0.05, 0.1) is 6.54 Å². The van der Waals surface area contributed by atoms with Crippen molar-refractivity contribution >= 4 is 11.8 Å². The van der Waals surface area contributed by atoms with Crippen LogP contribution in [-0.2, 0) is 4.79 Å². The monoisotopic (exact) mass is 330 g/mol. The summed E-state index contributed by atoms with van der Waals surface area (Å²) >= 11 is 0. The number of likely N-dealkylation sites (N-methyl/N-ethyl adjacent to an activating group) is 1. The summed E-state index contributed by atoms with van der Waals surface area (Å²) in [4.78, 5) is 35.1. The third kappa shape index (κ3) is 3.59. The minimum atomic E-state index is 0.0224. The van der Waals surface area contributed by atoms with Crippen LogP contribution >= 0.6 is 0 Å². The van der Waals surface area contributed by atoms with E-state index in [0.717, 1.165) is 38.2 Å². The molecule has 0 aliphatic carbocycles. The number of aryl methyl sites for hydroxylation is 1. The van der Waals surface area contributed by atoms with Crippen LogP contribution in [0.3, 0.4) is 0 Å². The molecule has 0 N–H and O–H groups in total. The lowest BCUT2D eigenvalue weighted by Gasteiger charge is -2.36. The van der Waals surface area contributed by atoms with Gasteiger partial charge in [0.1, 0.15) is 5.69 Å². The molecular formula is C18H26N4O2. The minimum Gasteiger partial charge on any atom is -0.348 e. The van der Waals surface area contributed by atoms with Crippen LogP contribution in [0, 0.1) is 12.8 Å².